The molecule has 0 bridgehead atoms. The van der Waals surface area contributed by atoms with Crippen LogP contribution in [0.4, 0.5) is 11.4 Å². The molecular formula is C25H32N4O4. The quantitative estimate of drug-likeness (QED) is 0.310. The van der Waals surface area contributed by atoms with Crippen LogP contribution in [0.5, 0.6) is 5.75 Å². The Labute approximate surface area is 194 Å². The molecule has 0 aliphatic carbocycles. The number of amides is 1. The van der Waals surface area contributed by atoms with Crippen LogP contribution >= 0.6 is 0 Å². The molecule has 0 unspecified atom stereocenters. The Balaban J connectivity index is 1.59. The van der Waals surface area contributed by atoms with Crippen LogP contribution in [0.25, 0.3) is 0 Å². The minimum absolute atomic E-state index is 0.0105. The van der Waals surface area contributed by atoms with Crippen molar-refractivity contribution in [2.75, 3.05) is 24.6 Å². The van der Waals surface area contributed by atoms with Crippen molar-refractivity contribution in [3.63, 3.8) is 0 Å². The number of ether oxygens (including phenoxy) is 1. The zero-order valence-corrected chi connectivity index (χ0v) is 19.3. The van der Waals surface area contributed by atoms with Crippen LogP contribution in [-0.4, -0.2) is 36.7 Å². The molecule has 1 amide bonds. The van der Waals surface area contributed by atoms with Crippen LogP contribution in [0, 0.1) is 10.1 Å². The van der Waals surface area contributed by atoms with Gasteiger partial charge in [0.1, 0.15) is 5.75 Å². The Bertz CT molecular complexity index is 965. The lowest BCUT2D eigenvalue weighted by Crippen LogP contribution is -2.30. The molecule has 8 heteroatoms. The molecule has 2 aromatic rings. The number of carbonyl (C=O) groups is 1. The highest BCUT2D eigenvalue weighted by molar-refractivity contribution is 5.90. The molecule has 1 aliphatic heterocycles. The lowest BCUT2D eigenvalue weighted by Gasteiger charge is -2.29. The van der Waals surface area contributed by atoms with Crippen molar-refractivity contribution in [3.05, 3.63) is 63.7 Å². The molecule has 1 saturated heterocycles. The monoisotopic (exact) mass is 452 g/mol. The van der Waals surface area contributed by atoms with Crippen molar-refractivity contribution in [1.29, 1.82) is 0 Å². The molecule has 1 aliphatic rings. The molecule has 1 N–H and O–H groups in total. The van der Waals surface area contributed by atoms with E-state index in [1.54, 1.807) is 6.07 Å². The zero-order valence-electron chi connectivity index (χ0n) is 19.3. The highest BCUT2D eigenvalue weighted by atomic mass is 16.6. The number of hydrogen-bond acceptors (Lipinski definition) is 6. The number of non-ortho nitro benzene ring substituents is 1. The largest absolute Gasteiger partial charge is 0.484 e. The van der Waals surface area contributed by atoms with Gasteiger partial charge in [0.2, 0.25) is 0 Å². The Morgan fingerprint density at radius 2 is 1.85 bits per heavy atom. The SMILES string of the molecule is CCC(CC)c1ccc(OCC(=O)N/N=C\c2cc([N+](=O)[O-])ccc2N2CCCCC2)cc1. The third-order valence-corrected chi connectivity index (χ3v) is 6.02. The molecule has 176 valence electrons. The lowest BCUT2D eigenvalue weighted by molar-refractivity contribution is -0.384. The van der Waals surface area contributed by atoms with Gasteiger partial charge in [-0.25, -0.2) is 5.43 Å². The van der Waals surface area contributed by atoms with Crippen LogP contribution in [0.3, 0.4) is 0 Å². The average molecular weight is 453 g/mol. The summed E-state index contributed by atoms with van der Waals surface area (Å²) in [5, 5.41) is 15.2. The minimum atomic E-state index is -0.432. The van der Waals surface area contributed by atoms with Crippen LogP contribution in [0.15, 0.2) is 47.6 Å². The predicted octanol–water partition coefficient (Wildman–Crippen LogP) is 5.02. The smallest absolute Gasteiger partial charge is 0.277 e. The molecular weight excluding hydrogens is 420 g/mol. The van der Waals surface area contributed by atoms with Crippen LogP contribution in [-0.2, 0) is 4.79 Å². The number of nitro groups is 1. The first-order valence-corrected chi connectivity index (χ1v) is 11.6. The number of piperidine rings is 1. The first kappa shape index (κ1) is 24.2. The van der Waals surface area contributed by atoms with Crippen LogP contribution in [0.2, 0.25) is 0 Å². The van der Waals surface area contributed by atoms with Crippen molar-refractivity contribution < 1.29 is 14.5 Å². The second-order valence-electron chi connectivity index (χ2n) is 8.21. The fraction of sp³-hybridized carbons (Fsp3) is 0.440. The molecule has 3 rings (SSSR count). The molecule has 0 atom stereocenters. The molecule has 2 aromatic carbocycles. The Morgan fingerprint density at radius 1 is 1.15 bits per heavy atom. The van der Waals surface area contributed by atoms with E-state index < -0.39 is 10.8 Å². The summed E-state index contributed by atoms with van der Waals surface area (Å²) in [6.45, 7) is 5.97. The summed E-state index contributed by atoms with van der Waals surface area (Å²) in [7, 11) is 0. The second-order valence-corrected chi connectivity index (χ2v) is 8.21. The number of anilines is 1. The molecule has 8 nitrogen and oxygen atoms in total. The van der Waals surface area contributed by atoms with E-state index >= 15 is 0 Å². The number of hydrogen-bond donors (Lipinski definition) is 1. The minimum Gasteiger partial charge on any atom is -0.484 e. The number of rotatable bonds is 10. The topological polar surface area (TPSA) is 97.1 Å². The fourth-order valence-electron chi connectivity index (χ4n) is 4.13. The Kier molecular flexibility index (Phi) is 8.80. The van der Waals surface area contributed by atoms with E-state index in [1.807, 2.05) is 24.3 Å². The number of nitrogens with zero attached hydrogens (tertiary/aromatic N) is 3. The van der Waals surface area contributed by atoms with Gasteiger partial charge < -0.3 is 9.64 Å². The molecule has 1 fully saturated rings. The molecule has 0 aromatic heterocycles. The second kappa shape index (κ2) is 12.0. The maximum atomic E-state index is 12.2. The summed E-state index contributed by atoms with van der Waals surface area (Å²) in [4.78, 5) is 25.1. The molecule has 0 spiro atoms. The van der Waals surface area contributed by atoms with Gasteiger partial charge in [-0.3, -0.25) is 14.9 Å². The summed E-state index contributed by atoms with van der Waals surface area (Å²) in [5.74, 6) is 0.746. The summed E-state index contributed by atoms with van der Waals surface area (Å²) in [6, 6.07) is 12.6. The molecule has 33 heavy (non-hydrogen) atoms. The Morgan fingerprint density at radius 3 is 2.48 bits per heavy atom. The van der Waals surface area contributed by atoms with E-state index in [9.17, 15) is 14.9 Å². The summed E-state index contributed by atoms with van der Waals surface area (Å²) in [6.07, 6.45) is 6.98. The van der Waals surface area contributed by atoms with Gasteiger partial charge in [0.15, 0.2) is 6.61 Å². The molecule has 0 saturated carbocycles. The van der Waals surface area contributed by atoms with Crippen molar-refractivity contribution >= 4 is 23.5 Å². The van der Waals surface area contributed by atoms with E-state index in [2.05, 4.69) is 29.3 Å². The first-order valence-electron chi connectivity index (χ1n) is 11.6. The number of nitrogens with one attached hydrogen (secondary N) is 1. The normalized spacial score (nSPS) is 14.0. The van der Waals surface area contributed by atoms with Gasteiger partial charge in [0.05, 0.1) is 11.1 Å². The third kappa shape index (κ3) is 6.78. The van der Waals surface area contributed by atoms with Gasteiger partial charge in [0.25, 0.3) is 11.6 Å². The van der Waals surface area contributed by atoms with Crippen molar-refractivity contribution in [2.45, 2.75) is 51.9 Å². The van der Waals surface area contributed by atoms with E-state index in [1.165, 1.54) is 30.3 Å². The van der Waals surface area contributed by atoms with Gasteiger partial charge in [0, 0.05) is 36.5 Å². The van der Waals surface area contributed by atoms with Gasteiger partial charge >= 0.3 is 0 Å². The average Bonchev–Trinajstić information content (AvgIpc) is 2.84. The third-order valence-electron chi connectivity index (χ3n) is 6.02. The molecule has 0 radical (unpaired) electrons. The van der Waals surface area contributed by atoms with Gasteiger partial charge in [-0.1, -0.05) is 26.0 Å². The van der Waals surface area contributed by atoms with Crippen LogP contribution < -0.4 is 15.1 Å². The number of nitro benzene ring substituents is 1. The highest BCUT2D eigenvalue weighted by Gasteiger charge is 2.17. The fourth-order valence-corrected chi connectivity index (χ4v) is 4.13. The molecule has 1 heterocycles. The maximum absolute atomic E-state index is 12.2. The van der Waals surface area contributed by atoms with Gasteiger partial charge in [-0.05, 0) is 61.8 Å². The standard InChI is InChI=1S/C25H32N4O4/c1-3-19(4-2)20-8-11-23(12-9-20)33-18-25(30)27-26-17-21-16-22(29(31)32)10-13-24(21)28-14-6-5-7-15-28/h8-13,16-17,19H,3-7,14-15,18H2,1-2H3,(H,27,30)/b26-17-. The zero-order chi connectivity index (χ0) is 23.6. The van der Waals surface area contributed by atoms with E-state index in [-0.39, 0.29) is 12.3 Å². The van der Waals surface area contributed by atoms with Crippen molar-refractivity contribution in [2.24, 2.45) is 5.10 Å². The first-order chi connectivity index (χ1) is 16.0. The van der Waals surface area contributed by atoms with E-state index in [0.29, 0.717) is 17.2 Å². The van der Waals surface area contributed by atoms with Gasteiger partial charge in [-0.15, -0.1) is 0 Å². The van der Waals surface area contributed by atoms with E-state index in [4.69, 9.17) is 4.74 Å². The predicted molar refractivity (Wildman–Crippen MR) is 130 cm³/mol. The maximum Gasteiger partial charge on any atom is 0.277 e. The highest BCUT2D eigenvalue weighted by Crippen LogP contribution is 2.27. The van der Waals surface area contributed by atoms with Crippen molar-refractivity contribution in [1.82, 2.24) is 5.43 Å². The van der Waals surface area contributed by atoms with Crippen LogP contribution in [0.1, 0.15) is 63.0 Å². The number of hydrazone groups is 1. The summed E-state index contributed by atoms with van der Waals surface area (Å²) < 4.78 is 5.56. The lowest BCUT2D eigenvalue weighted by atomic mass is 9.94. The van der Waals surface area contributed by atoms with E-state index in [0.717, 1.165) is 44.5 Å². The number of benzene rings is 2. The summed E-state index contributed by atoms with van der Waals surface area (Å²) >= 11 is 0. The van der Waals surface area contributed by atoms with Gasteiger partial charge in [-0.2, -0.15) is 5.10 Å². The Hall–Kier alpha value is -3.42. The summed E-state index contributed by atoms with van der Waals surface area (Å²) in [5.41, 5.74) is 5.18. The number of carbonyl (C=O) groups excluding carboxylic acids is 1. The van der Waals surface area contributed by atoms with Crippen molar-refractivity contribution in [3.8, 4) is 5.75 Å².